The van der Waals surface area contributed by atoms with Crippen molar-refractivity contribution in [2.24, 2.45) is 0 Å². The van der Waals surface area contributed by atoms with Crippen LogP contribution in [-0.2, 0) is 4.74 Å². The van der Waals surface area contributed by atoms with Crippen LogP contribution in [0.15, 0.2) is 18.5 Å². The Balaban J connectivity index is 2.12. The zero-order valence-corrected chi connectivity index (χ0v) is 12.4. The number of methoxy groups -OCH3 is 1. The average molecular weight is 291 g/mol. The zero-order chi connectivity index (χ0) is 14.9. The molecule has 8 heteroatoms. The van der Waals surface area contributed by atoms with E-state index in [-0.39, 0.29) is 0 Å². The standard InChI is InChI=1S/C13H21N7O/c1-3-6-14-11-17-12(15-7-5-10-21-2)19-13(18-11)20-9-4-8-16-20/h4,8-9H,3,5-7,10H2,1-2H3,(H2,14,15,17,18,19). The smallest absolute Gasteiger partial charge is 0.257 e. The Morgan fingerprint density at radius 3 is 2.52 bits per heavy atom. The number of aromatic nitrogens is 5. The lowest BCUT2D eigenvalue weighted by Gasteiger charge is -2.09. The molecule has 0 aliphatic carbocycles. The van der Waals surface area contributed by atoms with Gasteiger partial charge in [-0.3, -0.25) is 0 Å². The summed E-state index contributed by atoms with van der Waals surface area (Å²) in [6.07, 6.45) is 5.37. The van der Waals surface area contributed by atoms with Crippen molar-refractivity contribution in [3.05, 3.63) is 18.5 Å². The third kappa shape index (κ3) is 4.67. The molecule has 2 aromatic rings. The van der Waals surface area contributed by atoms with Crippen molar-refractivity contribution in [1.29, 1.82) is 0 Å². The molecule has 0 radical (unpaired) electrons. The summed E-state index contributed by atoms with van der Waals surface area (Å²) in [5, 5.41) is 10.5. The maximum Gasteiger partial charge on any atom is 0.257 e. The Hall–Kier alpha value is -2.22. The van der Waals surface area contributed by atoms with Gasteiger partial charge in [0.2, 0.25) is 11.9 Å². The summed E-state index contributed by atoms with van der Waals surface area (Å²) in [6.45, 7) is 4.34. The summed E-state index contributed by atoms with van der Waals surface area (Å²) < 4.78 is 6.63. The van der Waals surface area contributed by atoms with Crippen LogP contribution in [0.25, 0.3) is 5.95 Å². The normalized spacial score (nSPS) is 10.6. The van der Waals surface area contributed by atoms with E-state index in [2.05, 4.69) is 37.6 Å². The predicted molar refractivity (Wildman–Crippen MR) is 80.7 cm³/mol. The van der Waals surface area contributed by atoms with Crippen LogP contribution < -0.4 is 10.6 Å². The number of rotatable bonds is 9. The molecular formula is C13H21N7O. The minimum Gasteiger partial charge on any atom is -0.385 e. The zero-order valence-electron chi connectivity index (χ0n) is 12.4. The van der Waals surface area contributed by atoms with Crippen LogP contribution in [0.4, 0.5) is 11.9 Å². The van der Waals surface area contributed by atoms with Gasteiger partial charge in [-0.25, -0.2) is 4.68 Å². The molecule has 0 aliphatic heterocycles. The molecule has 0 amide bonds. The molecule has 21 heavy (non-hydrogen) atoms. The molecule has 0 saturated carbocycles. The number of ether oxygens (including phenoxy) is 1. The Kier molecular flexibility index (Phi) is 5.89. The highest BCUT2D eigenvalue weighted by Gasteiger charge is 2.07. The summed E-state index contributed by atoms with van der Waals surface area (Å²) >= 11 is 0. The van der Waals surface area contributed by atoms with Crippen molar-refractivity contribution in [2.75, 3.05) is 37.4 Å². The van der Waals surface area contributed by atoms with Gasteiger partial charge < -0.3 is 15.4 Å². The molecule has 114 valence electrons. The van der Waals surface area contributed by atoms with Gasteiger partial charge in [0.05, 0.1) is 0 Å². The number of hydrogen-bond acceptors (Lipinski definition) is 7. The van der Waals surface area contributed by atoms with E-state index in [1.165, 1.54) is 0 Å². The van der Waals surface area contributed by atoms with Gasteiger partial charge >= 0.3 is 0 Å². The lowest BCUT2D eigenvalue weighted by atomic mass is 10.4. The minimum atomic E-state index is 0.489. The van der Waals surface area contributed by atoms with Gasteiger partial charge in [-0.15, -0.1) is 0 Å². The van der Waals surface area contributed by atoms with Gasteiger partial charge in [0.25, 0.3) is 5.95 Å². The maximum absolute atomic E-state index is 5.02. The van der Waals surface area contributed by atoms with E-state index < -0.39 is 0 Å². The average Bonchev–Trinajstić information content (AvgIpc) is 3.04. The minimum absolute atomic E-state index is 0.489. The van der Waals surface area contributed by atoms with Gasteiger partial charge in [0, 0.05) is 39.2 Å². The van der Waals surface area contributed by atoms with Gasteiger partial charge in [-0.2, -0.15) is 20.1 Å². The molecule has 0 bridgehead atoms. The van der Waals surface area contributed by atoms with Crippen LogP contribution in [0.2, 0.25) is 0 Å². The quantitative estimate of drug-likeness (QED) is 0.673. The van der Waals surface area contributed by atoms with Crippen molar-refractivity contribution in [3.63, 3.8) is 0 Å². The van der Waals surface area contributed by atoms with E-state index in [9.17, 15) is 0 Å². The fraction of sp³-hybridized carbons (Fsp3) is 0.538. The van der Waals surface area contributed by atoms with Gasteiger partial charge in [0.1, 0.15) is 0 Å². The molecule has 8 nitrogen and oxygen atoms in total. The Morgan fingerprint density at radius 1 is 1.14 bits per heavy atom. The third-order valence-electron chi connectivity index (χ3n) is 2.67. The molecule has 2 rings (SSSR count). The molecule has 2 N–H and O–H groups in total. The first-order chi connectivity index (χ1) is 10.3. The SMILES string of the molecule is CCCNc1nc(NCCCOC)nc(-n2cccn2)n1. The summed E-state index contributed by atoms with van der Waals surface area (Å²) in [5.41, 5.74) is 0. The highest BCUT2D eigenvalue weighted by atomic mass is 16.5. The third-order valence-corrected chi connectivity index (χ3v) is 2.67. The molecule has 0 saturated heterocycles. The Morgan fingerprint density at radius 2 is 1.90 bits per heavy atom. The monoisotopic (exact) mass is 291 g/mol. The fourth-order valence-corrected chi connectivity index (χ4v) is 1.67. The van der Waals surface area contributed by atoms with Crippen LogP contribution in [0, 0.1) is 0 Å². The van der Waals surface area contributed by atoms with Gasteiger partial charge in [0.15, 0.2) is 0 Å². The van der Waals surface area contributed by atoms with Crippen LogP contribution >= 0.6 is 0 Å². The van der Waals surface area contributed by atoms with Crippen molar-refractivity contribution < 1.29 is 4.74 Å². The van der Waals surface area contributed by atoms with E-state index in [4.69, 9.17) is 4.74 Å². The first-order valence-electron chi connectivity index (χ1n) is 7.06. The van der Waals surface area contributed by atoms with Gasteiger partial charge in [-0.05, 0) is 18.9 Å². The highest BCUT2D eigenvalue weighted by Crippen LogP contribution is 2.08. The van der Waals surface area contributed by atoms with Crippen LogP contribution in [-0.4, -0.2) is 51.5 Å². The predicted octanol–water partition coefficient (Wildman–Crippen LogP) is 1.33. The van der Waals surface area contributed by atoms with E-state index in [1.54, 1.807) is 24.2 Å². The first kappa shape index (κ1) is 15.2. The summed E-state index contributed by atoms with van der Waals surface area (Å²) in [6, 6.07) is 1.83. The summed E-state index contributed by atoms with van der Waals surface area (Å²) in [4.78, 5) is 13.1. The van der Waals surface area contributed by atoms with Crippen molar-refractivity contribution in [2.45, 2.75) is 19.8 Å². The maximum atomic E-state index is 5.02. The Bertz CT molecular complexity index is 529. The number of nitrogens with one attached hydrogen (secondary N) is 2. The molecule has 2 heterocycles. The molecular weight excluding hydrogens is 270 g/mol. The van der Waals surface area contributed by atoms with Crippen LogP contribution in [0.1, 0.15) is 19.8 Å². The van der Waals surface area contributed by atoms with Crippen LogP contribution in [0.3, 0.4) is 0 Å². The number of hydrogen-bond donors (Lipinski definition) is 2. The second-order valence-corrected chi connectivity index (χ2v) is 4.43. The molecule has 0 unspecified atom stereocenters. The summed E-state index contributed by atoms with van der Waals surface area (Å²) in [7, 11) is 1.69. The molecule has 0 aromatic carbocycles. The second kappa shape index (κ2) is 8.15. The molecule has 0 aliphatic rings. The molecule has 0 atom stereocenters. The fourth-order valence-electron chi connectivity index (χ4n) is 1.67. The summed E-state index contributed by atoms with van der Waals surface area (Å²) in [5.74, 6) is 1.57. The van der Waals surface area contributed by atoms with E-state index in [1.807, 2.05) is 6.07 Å². The van der Waals surface area contributed by atoms with Crippen LogP contribution in [0.5, 0.6) is 0 Å². The molecule has 0 fully saturated rings. The first-order valence-corrected chi connectivity index (χ1v) is 7.06. The topological polar surface area (TPSA) is 89.8 Å². The lowest BCUT2D eigenvalue weighted by Crippen LogP contribution is -2.14. The van der Waals surface area contributed by atoms with Crippen molar-refractivity contribution in [3.8, 4) is 5.95 Å². The Labute approximate surface area is 124 Å². The second-order valence-electron chi connectivity index (χ2n) is 4.43. The van der Waals surface area contributed by atoms with Crippen molar-refractivity contribution >= 4 is 11.9 Å². The number of anilines is 2. The highest BCUT2D eigenvalue weighted by molar-refractivity contribution is 5.37. The largest absolute Gasteiger partial charge is 0.385 e. The molecule has 2 aromatic heterocycles. The van der Waals surface area contributed by atoms with E-state index in [0.29, 0.717) is 24.5 Å². The lowest BCUT2D eigenvalue weighted by molar-refractivity contribution is 0.197. The van der Waals surface area contributed by atoms with E-state index in [0.717, 1.165) is 25.9 Å². The number of nitrogens with zero attached hydrogens (tertiary/aromatic N) is 5. The van der Waals surface area contributed by atoms with E-state index >= 15 is 0 Å². The van der Waals surface area contributed by atoms with Gasteiger partial charge in [-0.1, -0.05) is 6.92 Å². The molecule has 0 spiro atoms. The van der Waals surface area contributed by atoms with Crippen molar-refractivity contribution in [1.82, 2.24) is 24.7 Å².